The molecule has 1 heterocycles. The number of nitrogens with zero attached hydrogens (tertiary/aromatic N) is 3. The first-order valence-corrected chi connectivity index (χ1v) is 14.5. The zero-order valence-corrected chi connectivity index (χ0v) is 29.8. The van der Waals surface area contributed by atoms with Crippen molar-refractivity contribution in [1.29, 1.82) is 0 Å². The van der Waals surface area contributed by atoms with Gasteiger partial charge in [-0.15, -0.1) is 24.0 Å². The number of carboxylic acid groups (broad SMARTS) is 1. The number of quaternary nitrogens is 1. The molecular weight excluding hydrogens is 738 g/mol. The summed E-state index contributed by atoms with van der Waals surface area (Å²) >= 11 is 0. The van der Waals surface area contributed by atoms with Crippen molar-refractivity contribution in [3.8, 4) is 0 Å². The Morgan fingerprint density at radius 3 is 1.85 bits per heavy atom. The fraction of sp³-hybridized carbons (Fsp3) is 0.793. The first-order chi connectivity index (χ1) is 18.1. The second kappa shape index (κ2) is 23.6. The first kappa shape index (κ1) is 41.2. The Balaban J connectivity index is 0. The molecule has 11 heteroatoms. The molecule has 1 amide bonds. The standard InChI is InChI=1S/C29H52N4O5.2HI/c1-6-7-8-9-10-11-12-13-14-15-16-17-18-19-20-38-26(36)21-24-27(30-22-25(34)35)28(32(24)2)29(37)31-23-33(3,4)5;;/h21-22,27-28H,6-20,23H2,1-5H3,(H-,31,34,35,37);2*1H. The van der Waals surface area contributed by atoms with E-state index >= 15 is 0 Å². The van der Waals surface area contributed by atoms with Gasteiger partial charge < -0.3 is 48.5 Å². The number of halogens is 2. The number of aliphatic carboxylic acids is 1. The van der Waals surface area contributed by atoms with Crippen molar-refractivity contribution in [2.24, 2.45) is 4.99 Å². The average molecular weight is 793 g/mol. The molecule has 1 aliphatic rings. The molecule has 0 aromatic heterocycles. The zero-order valence-electron chi connectivity index (χ0n) is 25.3. The number of aliphatic imine (C=N–C) groups is 1. The van der Waals surface area contributed by atoms with E-state index in [-0.39, 0.29) is 53.9 Å². The third-order valence-corrected chi connectivity index (χ3v) is 6.78. The minimum Gasteiger partial charge on any atom is -1.00 e. The molecule has 1 saturated heterocycles. The van der Waals surface area contributed by atoms with Gasteiger partial charge in [0.2, 0.25) is 5.91 Å². The molecule has 0 saturated carbocycles. The van der Waals surface area contributed by atoms with E-state index in [1.165, 1.54) is 76.7 Å². The summed E-state index contributed by atoms with van der Waals surface area (Å²) in [6, 6.07) is -1.42. The van der Waals surface area contributed by atoms with Gasteiger partial charge in [0.15, 0.2) is 6.67 Å². The predicted molar refractivity (Wildman–Crippen MR) is 167 cm³/mol. The summed E-state index contributed by atoms with van der Waals surface area (Å²) in [5.74, 6) is -1.96. The van der Waals surface area contributed by atoms with Crippen LogP contribution in [-0.4, -0.2) is 92.1 Å². The van der Waals surface area contributed by atoms with Crippen LogP contribution in [0, 0.1) is 0 Å². The molecule has 1 fully saturated rings. The van der Waals surface area contributed by atoms with Crippen molar-refractivity contribution in [3.63, 3.8) is 0 Å². The van der Waals surface area contributed by atoms with E-state index < -0.39 is 24.0 Å². The molecule has 2 unspecified atom stereocenters. The van der Waals surface area contributed by atoms with Crippen LogP contribution in [0.5, 0.6) is 0 Å². The molecule has 0 bridgehead atoms. The highest BCUT2D eigenvalue weighted by Crippen LogP contribution is 2.31. The molecule has 0 radical (unpaired) electrons. The van der Waals surface area contributed by atoms with Gasteiger partial charge in [0, 0.05) is 18.8 Å². The molecule has 0 aromatic carbocycles. The van der Waals surface area contributed by atoms with Crippen molar-refractivity contribution >= 4 is 48.0 Å². The van der Waals surface area contributed by atoms with E-state index in [2.05, 4.69) is 17.2 Å². The second-order valence-corrected chi connectivity index (χ2v) is 11.4. The molecule has 40 heavy (non-hydrogen) atoms. The number of rotatable bonds is 21. The fourth-order valence-electron chi connectivity index (χ4n) is 4.52. The van der Waals surface area contributed by atoms with Crippen LogP contribution in [0.3, 0.4) is 0 Å². The summed E-state index contributed by atoms with van der Waals surface area (Å²) in [6.45, 7) is 3.02. The SMILES string of the molecule is CCCCCCCCCCCCCCCCOC(=O)C=C1C(N=CC(=O)O)C(C(=O)NC[N+](C)(C)C)N1C.I.[I-]. The number of amides is 1. The number of esters is 1. The minimum atomic E-state index is -1.20. The van der Waals surface area contributed by atoms with Gasteiger partial charge in [-0.1, -0.05) is 90.4 Å². The highest BCUT2D eigenvalue weighted by Gasteiger charge is 2.46. The van der Waals surface area contributed by atoms with Crippen molar-refractivity contribution in [2.45, 2.75) is 109 Å². The Bertz CT molecular complexity index is 787. The summed E-state index contributed by atoms with van der Waals surface area (Å²) in [4.78, 5) is 41.7. The number of carbonyl (C=O) groups is 3. The van der Waals surface area contributed by atoms with Gasteiger partial charge in [0.1, 0.15) is 18.3 Å². The van der Waals surface area contributed by atoms with Crippen LogP contribution in [0.15, 0.2) is 16.8 Å². The first-order valence-electron chi connectivity index (χ1n) is 14.5. The summed E-state index contributed by atoms with van der Waals surface area (Å²) in [7, 11) is 7.54. The molecule has 2 atom stereocenters. The molecule has 0 aliphatic carbocycles. The smallest absolute Gasteiger partial charge is 0.346 e. The van der Waals surface area contributed by atoms with Crippen molar-refractivity contribution in [2.75, 3.05) is 41.5 Å². The lowest BCUT2D eigenvalue weighted by atomic mass is 9.91. The summed E-state index contributed by atoms with van der Waals surface area (Å²) < 4.78 is 5.89. The zero-order chi connectivity index (χ0) is 28.4. The Hall–Kier alpha value is -0.960. The van der Waals surface area contributed by atoms with E-state index in [1.54, 1.807) is 11.9 Å². The molecule has 1 rings (SSSR count). The quantitative estimate of drug-likeness (QED) is 0.0351. The normalized spacial score (nSPS) is 17.6. The van der Waals surface area contributed by atoms with Crippen LogP contribution < -0.4 is 29.3 Å². The highest BCUT2D eigenvalue weighted by molar-refractivity contribution is 14.0. The number of likely N-dealkylation sites (N-methyl/N-ethyl adjacent to an activating group) is 1. The summed E-state index contributed by atoms with van der Waals surface area (Å²) in [5.41, 5.74) is 0.471. The highest BCUT2D eigenvalue weighted by atomic mass is 127. The predicted octanol–water partition coefficient (Wildman–Crippen LogP) is 2.13. The van der Waals surface area contributed by atoms with Gasteiger partial charge in [0.25, 0.3) is 0 Å². The van der Waals surface area contributed by atoms with Gasteiger partial charge in [-0.05, 0) is 6.42 Å². The van der Waals surface area contributed by atoms with E-state index in [0.29, 0.717) is 23.5 Å². The Labute approximate surface area is 276 Å². The molecular formula is C29H54I2N4O5. The number of unbranched alkanes of at least 4 members (excludes halogenated alkanes) is 13. The lowest BCUT2D eigenvalue weighted by Crippen LogP contribution is -3.00. The maximum Gasteiger partial charge on any atom is 0.346 e. The van der Waals surface area contributed by atoms with E-state index in [4.69, 9.17) is 9.84 Å². The lowest BCUT2D eigenvalue weighted by molar-refractivity contribution is -0.872. The number of hydrogen-bond donors (Lipinski definition) is 2. The van der Waals surface area contributed by atoms with Crippen LogP contribution in [0.4, 0.5) is 0 Å². The van der Waals surface area contributed by atoms with Crippen LogP contribution in [-0.2, 0) is 19.1 Å². The van der Waals surface area contributed by atoms with E-state index in [0.717, 1.165) is 25.5 Å². The van der Waals surface area contributed by atoms with Gasteiger partial charge in [0.05, 0.1) is 27.7 Å². The van der Waals surface area contributed by atoms with Crippen LogP contribution in [0.1, 0.15) is 96.8 Å². The van der Waals surface area contributed by atoms with Gasteiger partial charge in [-0.25, -0.2) is 9.59 Å². The van der Waals surface area contributed by atoms with Crippen molar-refractivity contribution in [1.82, 2.24) is 10.2 Å². The number of hydrogen-bond acceptors (Lipinski definition) is 6. The Morgan fingerprint density at radius 2 is 1.40 bits per heavy atom. The molecule has 2 N–H and O–H groups in total. The van der Waals surface area contributed by atoms with Crippen molar-refractivity contribution in [3.05, 3.63) is 11.8 Å². The van der Waals surface area contributed by atoms with Gasteiger partial charge in [-0.2, -0.15) is 0 Å². The third kappa shape index (κ3) is 18.5. The molecule has 1 aliphatic heterocycles. The maximum atomic E-state index is 12.7. The van der Waals surface area contributed by atoms with Crippen LogP contribution in [0.2, 0.25) is 0 Å². The van der Waals surface area contributed by atoms with Gasteiger partial charge in [-0.3, -0.25) is 9.79 Å². The van der Waals surface area contributed by atoms with E-state index in [1.807, 2.05) is 21.1 Å². The Morgan fingerprint density at radius 1 is 0.925 bits per heavy atom. The monoisotopic (exact) mass is 792 g/mol. The Kier molecular flexibility index (Phi) is 24.3. The minimum absolute atomic E-state index is 0. The number of carboxylic acids is 1. The van der Waals surface area contributed by atoms with Crippen LogP contribution >= 0.6 is 24.0 Å². The van der Waals surface area contributed by atoms with Gasteiger partial charge >= 0.3 is 11.9 Å². The number of likely N-dealkylation sites (tertiary alicyclic amines) is 1. The molecule has 0 spiro atoms. The average Bonchev–Trinajstić information content (AvgIpc) is 2.85. The van der Waals surface area contributed by atoms with Crippen LogP contribution in [0.25, 0.3) is 0 Å². The number of carbonyl (C=O) groups excluding carboxylic acids is 2. The largest absolute Gasteiger partial charge is 1.00 e. The van der Waals surface area contributed by atoms with Crippen molar-refractivity contribution < 1.29 is 52.7 Å². The van der Waals surface area contributed by atoms with E-state index in [9.17, 15) is 14.4 Å². The fourth-order valence-corrected chi connectivity index (χ4v) is 4.52. The summed E-state index contributed by atoms with van der Waals surface area (Å²) in [5, 5.41) is 11.8. The molecule has 0 aromatic rings. The molecule has 9 nitrogen and oxygen atoms in total. The third-order valence-electron chi connectivity index (χ3n) is 6.78. The second-order valence-electron chi connectivity index (χ2n) is 11.4. The maximum absolute atomic E-state index is 12.7. The summed E-state index contributed by atoms with van der Waals surface area (Å²) in [6.07, 6.45) is 19.8. The molecule has 234 valence electrons. The number of nitrogens with one attached hydrogen (secondary N) is 1. The lowest BCUT2D eigenvalue weighted by Gasteiger charge is -2.46. The number of ether oxygens (including phenoxy) is 1. The topological polar surface area (TPSA) is 108 Å².